The number of aryl methyl sites for hydroxylation is 4. The molecule has 0 aromatic heterocycles. The Morgan fingerprint density at radius 1 is 0.426 bits per heavy atom. The Kier molecular flexibility index (Phi) is 9.43. The minimum absolute atomic E-state index is 0.397. The molecule has 0 fully saturated rings. The van der Waals surface area contributed by atoms with Gasteiger partial charge in [0.1, 0.15) is 11.5 Å². The monoisotopic (exact) mass is 706 g/mol. The molecule has 0 atom stereocenters. The van der Waals surface area contributed by atoms with Gasteiger partial charge in [0.25, 0.3) is 0 Å². The average Bonchev–Trinajstić information content (AvgIpc) is 3.19. The molecule has 0 amide bonds. The van der Waals surface area contributed by atoms with Crippen molar-refractivity contribution in [2.75, 3.05) is 0 Å². The summed E-state index contributed by atoms with van der Waals surface area (Å²) >= 11 is 0. The van der Waals surface area contributed by atoms with Crippen molar-refractivity contribution in [3.63, 3.8) is 0 Å². The molecule has 4 nitrogen and oxygen atoms in total. The van der Waals surface area contributed by atoms with Crippen LogP contribution in [0.4, 0.5) is 0 Å². The fraction of sp³-hybridized carbons (Fsp3) is 0.160. The number of ether oxygens (including phenoxy) is 2. The quantitative estimate of drug-likeness (QED) is 0.0852. The van der Waals surface area contributed by atoms with E-state index in [0.29, 0.717) is 22.6 Å². The van der Waals surface area contributed by atoms with Gasteiger partial charge in [0.05, 0.1) is 11.1 Å². The van der Waals surface area contributed by atoms with Crippen LogP contribution in [0.1, 0.15) is 69.7 Å². The summed E-state index contributed by atoms with van der Waals surface area (Å²) in [6.45, 7) is 8.38. The van der Waals surface area contributed by atoms with Gasteiger partial charge in [0.15, 0.2) is 0 Å². The highest BCUT2D eigenvalue weighted by Crippen LogP contribution is 2.50. The van der Waals surface area contributed by atoms with Crippen molar-refractivity contribution in [1.29, 1.82) is 0 Å². The van der Waals surface area contributed by atoms with Crippen LogP contribution in [-0.2, 0) is 12.8 Å². The van der Waals surface area contributed by atoms with E-state index in [0.717, 1.165) is 91.0 Å². The molecule has 0 aliphatic heterocycles. The Hall–Kier alpha value is -6.26. The lowest BCUT2D eigenvalue weighted by atomic mass is 9.84. The van der Waals surface area contributed by atoms with E-state index in [1.165, 1.54) is 11.1 Å². The molecule has 0 radical (unpaired) electrons. The third kappa shape index (κ3) is 6.39. The highest BCUT2D eigenvalue weighted by atomic mass is 16.5. The molecule has 266 valence electrons. The van der Waals surface area contributed by atoms with Crippen LogP contribution < -0.4 is 9.47 Å². The predicted octanol–water partition coefficient (Wildman–Crippen LogP) is 12.9. The first kappa shape index (κ1) is 34.8. The van der Waals surface area contributed by atoms with Gasteiger partial charge in [0.2, 0.25) is 0 Å². The van der Waals surface area contributed by atoms with Gasteiger partial charge >= 0.3 is 11.9 Å². The molecule has 0 N–H and O–H groups in total. The van der Waals surface area contributed by atoms with Crippen LogP contribution >= 0.6 is 0 Å². The van der Waals surface area contributed by atoms with Gasteiger partial charge in [0, 0.05) is 21.5 Å². The number of benzene rings is 8. The van der Waals surface area contributed by atoms with Gasteiger partial charge in [-0.3, -0.25) is 0 Å². The first-order chi connectivity index (χ1) is 26.3. The maximum atomic E-state index is 13.8. The first-order valence-electron chi connectivity index (χ1n) is 18.9. The summed E-state index contributed by atoms with van der Waals surface area (Å²) in [5.74, 6) is 0.294. The maximum absolute atomic E-state index is 13.8. The summed E-state index contributed by atoms with van der Waals surface area (Å²) < 4.78 is 12.8. The average molecular weight is 707 g/mol. The number of rotatable bonds is 9. The highest BCUT2D eigenvalue weighted by molar-refractivity contribution is 6.27. The lowest BCUT2D eigenvalue weighted by Gasteiger charge is -2.22. The molecule has 8 aromatic rings. The SMILES string of the molecule is CCCc1ccc2c(OC(=O)c3ccc(C)cc3)c3ccccc3c(-c3c4ccccc4c(OC(=O)c4ccc(C)cc4)c4ccc(CCC)cc34)c2c1. The van der Waals surface area contributed by atoms with E-state index in [1.54, 1.807) is 0 Å². The van der Waals surface area contributed by atoms with Crippen molar-refractivity contribution in [3.05, 3.63) is 167 Å². The Labute approximate surface area is 316 Å². The molecule has 0 bridgehead atoms. The summed E-state index contributed by atoms with van der Waals surface area (Å²) in [5, 5.41) is 7.37. The van der Waals surface area contributed by atoms with Crippen molar-refractivity contribution >= 4 is 55.0 Å². The van der Waals surface area contributed by atoms with Gasteiger partial charge in [-0.1, -0.05) is 147 Å². The third-order valence-electron chi connectivity index (χ3n) is 10.4. The van der Waals surface area contributed by atoms with Gasteiger partial charge < -0.3 is 9.47 Å². The van der Waals surface area contributed by atoms with Crippen LogP contribution in [0.3, 0.4) is 0 Å². The van der Waals surface area contributed by atoms with E-state index in [2.05, 4.69) is 62.4 Å². The van der Waals surface area contributed by atoms with Crippen molar-refractivity contribution in [1.82, 2.24) is 0 Å². The van der Waals surface area contributed by atoms with Crippen LogP contribution in [0.25, 0.3) is 54.2 Å². The number of hydrogen-bond donors (Lipinski definition) is 0. The Morgan fingerprint density at radius 3 is 1.15 bits per heavy atom. The van der Waals surface area contributed by atoms with Crippen LogP contribution in [0, 0.1) is 13.8 Å². The van der Waals surface area contributed by atoms with Gasteiger partial charge in [-0.2, -0.15) is 0 Å². The first-order valence-corrected chi connectivity index (χ1v) is 18.9. The third-order valence-corrected chi connectivity index (χ3v) is 10.4. The number of carbonyl (C=O) groups excluding carboxylic acids is 2. The molecule has 8 aromatic carbocycles. The van der Waals surface area contributed by atoms with Crippen molar-refractivity contribution in [3.8, 4) is 22.6 Å². The molecule has 4 heteroatoms. The zero-order valence-electron chi connectivity index (χ0n) is 31.2. The lowest BCUT2D eigenvalue weighted by Crippen LogP contribution is -2.10. The second kappa shape index (κ2) is 14.6. The smallest absolute Gasteiger partial charge is 0.343 e. The van der Waals surface area contributed by atoms with Crippen molar-refractivity contribution < 1.29 is 19.1 Å². The lowest BCUT2D eigenvalue weighted by molar-refractivity contribution is 0.0730. The summed E-state index contributed by atoms with van der Waals surface area (Å²) in [6, 6.07) is 44.4. The van der Waals surface area contributed by atoms with Gasteiger partial charge in [-0.15, -0.1) is 0 Å². The van der Waals surface area contributed by atoms with Crippen LogP contribution in [0.2, 0.25) is 0 Å². The van der Waals surface area contributed by atoms with Crippen LogP contribution in [0.5, 0.6) is 11.5 Å². The molecular weight excluding hydrogens is 665 g/mol. The molecule has 0 saturated carbocycles. The summed E-state index contributed by atoms with van der Waals surface area (Å²) in [7, 11) is 0. The minimum Gasteiger partial charge on any atom is -0.422 e. The number of hydrogen-bond acceptors (Lipinski definition) is 4. The Morgan fingerprint density at radius 2 is 0.778 bits per heavy atom. The van der Waals surface area contributed by atoms with E-state index >= 15 is 0 Å². The summed E-state index contributed by atoms with van der Waals surface area (Å²) in [4.78, 5) is 27.5. The molecule has 0 unspecified atom stereocenters. The summed E-state index contributed by atoms with van der Waals surface area (Å²) in [5.41, 5.74) is 7.68. The van der Waals surface area contributed by atoms with Gasteiger partial charge in [-0.05, 0) is 94.8 Å². The number of esters is 2. The fourth-order valence-corrected chi connectivity index (χ4v) is 7.70. The molecule has 54 heavy (non-hydrogen) atoms. The zero-order chi connectivity index (χ0) is 37.3. The van der Waals surface area contributed by atoms with E-state index in [-0.39, 0.29) is 0 Å². The maximum Gasteiger partial charge on any atom is 0.343 e. The molecule has 0 spiro atoms. The topological polar surface area (TPSA) is 52.6 Å². The second-order valence-electron chi connectivity index (χ2n) is 14.3. The van der Waals surface area contributed by atoms with Crippen molar-refractivity contribution in [2.24, 2.45) is 0 Å². The summed E-state index contributed by atoms with van der Waals surface area (Å²) in [6.07, 6.45) is 3.82. The van der Waals surface area contributed by atoms with Crippen molar-refractivity contribution in [2.45, 2.75) is 53.4 Å². The number of carbonyl (C=O) groups is 2. The van der Waals surface area contributed by atoms with E-state index in [4.69, 9.17) is 9.47 Å². The fourth-order valence-electron chi connectivity index (χ4n) is 7.70. The molecule has 0 saturated heterocycles. The minimum atomic E-state index is -0.397. The normalized spacial score (nSPS) is 11.4. The molecule has 0 heterocycles. The van der Waals surface area contributed by atoms with Gasteiger partial charge in [-0.25, -0.2) is 9.59 Å². The standard InChI is InChI=1S/C50H42O4/c1-5-11-33-21-27-41-43(29-33)45(37-13-7-9-15-39(37)47(41)53-49(51)35-23-17-31(3)18-24-35)46-38-14-8-10-16-40(38)48(42-28-22-34(12-6-2)30-44(42)46)54-50(52)36-25-19-32(4)20-26-36/h7-10,13-30H,5-6,11-12H2,1-4H3. The van der Waals surface area contributed by atoms with E-state index in [1.807, 2.05) is 98.8 Å². The number of fused-ring (bicyclic) bond motifs is 4. The largest absolute Gasteiger partial charge is 0.422 e. The van der Waals surface area contributed by atoms with Crippen LogP contribution in [-0.4, -0.2) is 11.9 Å². The van der Waals surface area contributed by atoms with Crippen LogP contribution in [0.15, 0.2) is 133 Å². The van der Waals surface area contributed by atoms with E-state index < -0.39 is 11.9 Å². The highest BCUT2D eigenvalue weighted by Gasteiger charge is 2.25. The zero-order valence-corrected chi connectivity index (χ0v) is 31.2. The molecule has 8 rings (SSSR count). The van der Waals surface area contributed by atoms with E-state index in [9.17, 15) is 9.59 Å². The Balaban J connectivity index is 1.46. The predicted molar refractivity (Wildman–Crippen MR) is 222 cm³/mol. The molecule has 0 aliphatic carbocycles. The molecular formula is C50H42O4. The Bertz CT molecular complexity index is 2530. The molecule has 0 aliphatic rings. The second-order valence-corrected chi connectivity index (χ2v) is 14.3.